The number of piperidine rings is 1. The number of nitrogens with zero attached hydrogens (tertiary/aromatic N) is 3. The maximum atomic E-state index is 12.9. The van der Waals surface area contributed by atoms with E-state index in [1.165, 1.54) is 6.42 Å². The van der Waals surface area contributed by atoms with E-state index in [1.54, 1.807) is 10.7 Å². The Morgan fingerprint density at radius 2 is 2.00 bits per heavy atom. The Bertz CT molecular complexity index is 723. The molecular weight excluding hydrogens is 354 g/mol. The number of benzene rings is 1. The van der Waals surface area contributed by atoms with Gasteiger partial charge in [0.15, 0.2) is 0 Å². The van der Waals surface area contributed by atoms with Crippen molar-refractivity contribution in [2.45, 2.75) is 31.0 Å². The normalized spacial score (nSPS) is 17.2. The standard InChI is InChI=1S/C15H17BrClN3O/c1-10(16)14-18-12-7-5-6-11(17)13(12)15(21)20(14)19-8-3-2-4-9-19/h5-7,10H,2-4,8-9H2,1H3. The molecule has 21 heavy (non-hydrogen) atoms. The summed E-state index contributed by atoms with van der Waals surface area (Å²) in [6.07, 6.45) is 3.42. The van der Waals surface area contributed by atoms with Crippen molar-refractivity contribution in [3.63, 3.8) is 0 Å². The highest BCUT2D eigenvalue weighted by Gasteiger charge is 2.21. The van der Waals surface area contributed by atoms with Gasteiger partial charge in [-0.25, -0.2) is 9.66 Å². The Labute approximate surface area is 136 Å². The largest absolute Gasteiger partial charge is 0.308 e. The fourth-order valence-electron chi connectivity index (χ4n) is 2.81. The lowest BCUT2D eigenvalue weighted by Crippen LogP contribution is -2.47. The van der Waals surface area contributed by atoms with Crippen molar-refractivity contribution in [3.05, 3.63) is 39.4 Å². The zero-order valence-corrected chi connectivity index (χ0v) is 14.2. The van der Waals surface area contributed by atoms with E-state index in [4.69, 9.17) is 11.6 Å². The average Bonchev–Trinajstić information content (AvgIpc) is 2.47. The number of hydrogen-bond acceptors (Lipinski definition) is 3. The summed E-state index contributed by atoms with van der Waals surface area (Å²) < 4.78 is 1.72. The Morgan fingerprint density at radius 1 is 1.29 bits per heavy atom. The molecule has 1 aliphatic rings. The van der Waals surface area contributed by atoms with Gasteiger partial charge in [-0.3, -0.25) is 4.79 Å². The van der Waals surface area contributed by atoms with Gasteiger partial charge in [0, 0.05) is 13.1 Å². The highest BCUT2D eigenvalue weighted by atomic mass is 79.9. The second-order valence-electron chi connectivity index (χ2n) is 5.35. The minimum Gasteiger partial charge on any atom is -0.308 e. The van der Waals surface area contributed by atoms with Gasteiger partial charge in [0.1, 0.15) is 5.82 Å². The second-order valence-corrected chi connectivity index (χ2v) is 7.13. The van der Waals surface area contributed by atoms with Crippen LogP contribution in [-0.2, 0) is 0 Å². The number of alkyl halides is 1. The minimum absolute atomic E-state index is 0.00416. The van der Waals surface area contributed by atoms with Crippen molar-refractivity contribution in [1.82, 2.24) is 9.66 Å². The summed E-state index contributed by atoms with van der Waals surface area (Å²) in [7, 11) is 0. The van der Waals surface area contributed by atoms with E-state index in [-0.39, 0.29) is 10.4 Å². The molecule has 0 saturated carbocycles. The van der Waals surface area contributed by atoms with Crippen LogP contribution in [0, 0.1) is 0 Å². The van der Waals surface area contributed by atoms with E-state index >= 15 is 0 Å². The maximum absolute atomic E-state index is 12.9. The fourth-order valence-corrected chi connectivity index (χ4v) is 3.35. The van der Waals surface area contributed by atoms with Crippen molar-refractivity contribution >= 4 is 38.4 Å². The molecule has 0 bridgehead atoms. The van der Waals surface area contributed by atoms with E-state index < -0.39 is 0 Å². The summed E-state index contributed by atoms with van der Waals surface area (Å²) in [5.41, 5.74) is 0.579. The number of hydrogen-bond donors (Lipinski definition) is 0. The Hall–Kier alpha value is -1.07. The summed E-state index contributed by atoms with van der Waals surface area (Å²) in [4.78, 5) is 17.6. The van der Waals surface area contributed by atoms with Gasteiger partial charge in [0.25, 0.3) is 5.56 Å². The molecular formula is C15H17BrClN3O. The van der Waals surface area contributed by atoms with E-state index in [9.17, 15) is 4.79 Å². The number of fused-ring (bicyclic) bond motifs is 1. The van der Waals surface area contributed by atoms with E-state index in [2.05, 4.69) is 25.9 Å². The molecule has 1 aromatic carbocycles. The smallest absolute Gasteiger partial charge is 0.281 e. The first-order chi connectivity index (χ1) is 10.1. The first kappa shape index (κ1) is 14.9. The molecule has 3 rings (SSSR count). The number of rotatable bonds is 2. The molecule has 0 amide bonds. The van der Waals surface area contributed by atoms with Gasteiger partial charge in [0.2, 0.25) is 0 Å². The van der Waals surface area contributed by atoms with Crippen molar-refractivity contribution in [2.75, 3.05) is 18.1 Å². The third-order valence-corrected chi connectivity index (χ3v) is 4.55. The molecule has 2 heterocycles. The molecule has 1 atom stereocenters. The predicted octanol–water partition coefficient (Wildman–Crippen LogP) is 3.63. The van der Waals surface area contributed by atoms with Crippen LogP contribution in [0.4, 0.5) is 0 Å². The van der Waals surface area contributed by atoms with E-state index in [0.29, 0.717) is 15.9 Å². The Balaban J connectivity index is 2.29. The first-order valence-corrected chi connectivity index (χ1v) is 8.49. The second kappa shape index (κ2) is 5.97. The van der Waals surface area contributed by atoms with Crippen LogP contribution >= 0.6 is 27.5 Å². The summed E-state index contributed by atoms with van der Waals surface area (Å²) in [5.74, 6) is 0.733. The van der Waals surface area contributed by atoms with Gasteiger partial charge in [0.05, 0.1) is 20.8 Å². The van der Waals surface area contributed by atoms with Crippen LogP contribution in [0.5, 0.6) is 0 Å². The molecule has 0 spiro atoms. The van der Waals surface area contributed by atoms with Crippen LogP contribution in [0.3, 0.4) is 0 Å². The summed E-state index contributed by atoms with van der Waals surface area (Å²) in [5, 5.41) is 3.06. The molecule has 4 nitrogen and oxygen atoms in total. The summed E-state index contributed by atoms with van der Waals surface area (Å²) >= 11 is 9.78. The molecule has 1 aromatic heterocycles. The number of aromatic nitrogens is 2. The highest BCUT2D eigenvalue weighted by Crippen LogP contribution is 2.24. The maximum Gasteiger partial charge on any atom is 0.281 e. The Morgan fingerprint density at radius 3 is 2.67 bits per heavy atom. The number of halogens is 2. The van der Waals surface area contributed by atoms with Crippen LogP contribution in [0.1, 0.15) is 36.8 Å². The topological polar surface area (TPSA) is 38.1 Å². The van der Waals surface area contributed by atoms with Gasteiger partial charge in [-0.05, 0) is 38.3 Å². The van der Waals surface area contributed by atoms with Crippen molar-refractivity contribution in [2.24, 2.45) is 0 Å². The van der Waals surface area contributed by atoms with Crippen LogP contribution in [0.25, 0.3) is 10.9 Å². The van der Waals surface area contributed by atoms with Gasteiger partial charge in [-0.1, -0.05) is 33.6 Å². The predicted molar refractivity (Wildman–Crippen MR) is 90.2 cm³/mol. The van der Waals surface area contributed by atoms with Crippen molar-refractivity contribution < 1.29 is 0 Å². The quantitative estimate of drug-likeness (QED) is 0.758. The lowest BCUT2D eigenvalue weighted by molar-refractivity contribution is 0.456. The van der Waals surface area contributed by atoms with Crippen molar-refractivity contribution in [3.8, 4) is 0 Å². The van der Waals surface area contributed by atoms with Crippen LogP contribution in [0.15, 0.2) is 23.0 Å². The molecule has 1 unspecified atom stereocenters. The SMILES string of the molecule is CC(Br)c1nc2cccc(Cl)c2c(=O)n1N1CCCCC1. The van der Waals surface area contributed by atoms with E-state index in [1.807, 2.05) is 19.1 Å². The molecule has 1 aliphatic heterocycles. The first-order valence-electron chi connectivity index (χ1n) is 7.20. The van der Waals surface area contributed by atoms with Gasteiger partial charge >= 0.3 is 0 Å². The third-order valence-electron chi connectivity index (χ3n) is 3.82. The molecule has 112 valence electrons. The third kappa shape index (κ3) is 2.69. The molecule has 2 aromatic rings. The molecule has 6 heteroatoms. The van der Waals surface area contributed by atoms with E-state index in [0.717, 1.165) is 31.8 Å². The van der Waals surface area contributed by atoms with Crippen molar-refractivity contribution in [1.29, 1.82) is 0 Å². The Kier molecular flexibility index (Phi) is 4.22. The van der Waals surface area contributed by atoms with Crippen LogP contribution < -0.4 is 10.6 Å². The van der Waals surface area contributed by atoms with Crippen LogP contribution in [0.2, 0.25) is 5.02 Å². The highest BCUT2D eigenvalue weighted by molar-refractivity contribution is 9.09. The van der Waals surface area contributed by atoms with Gasteiger partial charge < -0.3 is 5.01 Å². The summed E-state index contributed by atoms with van der Waals surface area (Å²) in [6, 6.07) is 5.40. The molecule has 1 fully saturated rings. The molecule has 0 aliphatic carbocycles. The van der Waals surface area contributed by atoms with Gasteiger partial charge in [-0.15, -0.1) is 0 Å². The minimum atomic E-state index is -0.0752. The van der Waals surface area contributed by atoms with Gasteiger partial charge in [-0.2, -0.15) is 0 Å². The molecule has 0 radical (unpaired) electrons. The lowest BCUT2D eigenvalue weighted by Gasteiger charge is -2.32. The molecule has 0 N–H and O–H groups in total. The van der Waals surface area contributed by atoms with Crippen LogP contribution in [-0.4, -0.2) is 22.7 Å². The zero-order chi connectivity index (χ0) is 15.0. The monoisotopic (exact) mass is 369 g/mol. The lowest BCUT2D eigenvalue weighted by atomic mass is 10.1. The zero-order valence-electron chi connectivity index (χ0n) is 11.9. The molecule has 1 saturated heterocycles. The average molecular weight is 371 g/mol. The summed E-state index contributed by atoms with van der Waals surface area (Å²) in [6.45, 7) is 3.74. The fraction of sp³-hybridized carbons (Fsp3) is 0.467.